The van der Waals surface area contributed by atoms with Crippen LogP contribution in [0.15, 0.2) is 40.9 Å². The highest BCUT2D eigenvalue weighted by atomic mass is 79.9. The van der Waals surface area contributed by atoms with Crippen molar-refractivity contribution in [3.05, 3.63) is 57.0 Å². The fourth-order valence-corrected chi connectivity index (χ4v) is 2.68. The number of anilines is 2. The van der Waals surface area contributed by atoms with E-state index in [2.05, 4.69) is 44.8 Å². The molecular formula is C15H14BrClN2S. The number of hydrogen-bond donors (Lipinski definition) is 2. The summed E-state index contributed by atoms with van der Waals surface area (Å²) in [6.45, 7) is 4.09. The second-order valence-electron chi connectivity index (χ2n) is 4.52. The lowest BCUT2D eigenvalue weighted by Gasteiger charge is -2.14. The minimum atomic E-state index is 0.517. The van der Waals surface area contributed by atoms with Gasteiger partial charge in [0, 0.05) is 10.2 Å². The zero-order valence-electron chi connectivity index (χ0n) is 11.1. The van der Waals surface area contributed by atoms with Crippen molar-refractivity contribution < 1.29 is 0 Å². The molecule has 5 heteroatoms. The summed E-state index contributed by atoms with van der Waals surface area (Å²) >= 11 is 14.8. The van der Waals surface area contributed by atoms with Crippen LogP contribution in [0.4, 0.5) is 11.4 Å². The van der Waals surface area contributed by atoms with E-state index in [0.29, 0.717) is 10.1 Å². The van der Waals surface area contributed by atoms with Gasteiger partial charge in [0.05, 0.1) is 10.7 Å². The lowest BCUT2D eigenvalue weighted by Crippen LogP contribution is -2.19. The van der Waals surface area contributed by atoms with Gasteiger partial charge in [-0.3, -0.25) is 0 Å². The van der Waals surface area contributed by atoms with E-state index in [1.807, 2.05) is 32.0 Å². The molecule has 20 heavy (non-hydrogen) atoms. The first kappa shape index (κ1) is 15.3. The summed E-state index contributed by atoms with van der Waals surface area (Å²) in [6.07, 6.45) is 0. The zero-order valence-corrected chi connectivity index (χ0v) is 14.3. The standard InChI is InChI=1S/C15H14BrClN2S/c1-9-3-4-10(2)14(7-9)19-15(20)18-13-6-5-11(16)8-12(13)17/h3-8H,1-2H3,(H2,18,19,20). The van der Waals surface area contributed by atoms with E-state index in [-0.39, 0.29) is 0 Å². The van der Waals surface area contributed by atoms with Crippen molar-refractivity contribution in [1.82, 2.24) is 0 Å². The maximum atomic E-state index is 6.15. The van der Waals surface area contributed by atoms with Crippen LogP contribution in [0, 0.1) is 13.8 Å². The molecule has 0 saturated carbocycles. The Kier molecular flexibility index (Phi) is 5.02. The molecule has 2 nitrogen and oxygen atoms in total. The summed E-state index contributed by atoms with van der Waals surface area (Å²) in [5, 5.41) is 7.42. The summed E-state index contributed by atoms with van der Waals surface area (Å²) in [4.78, 5) is 0. The molecule has 2 aromatic carbocycles. The summed E-state index contributed by atoms with van der Waals surface area (Å²) in [6, 6.07) is 11.8. The summed E-state index contributed by atoms with van der Waals surface area (Å²) in [7, 11) is 0. The van der Waals surface area contributed by atoms with Crippen LogP contribution < -0.4 is 10.6 Å². The highest BCUT2D eigenvalue weighted by Gasteiger charge is 2.05. The third-order valence-electron chi connectivity index (χ3n) is 2.82. The second kappa shape index (κ2) is 6.57. The van der Waals surface area contributed by atoms with Crippen LogP contribution in [0.2, 0.25) is 5.02 Å². The Morgan fingerprint density at radius 2 is 1.75 bits per heavy atom. The molecule has 0 atom stereocenters. The smallest absolute Gasteiger partial charge is 0.175 e. The molecule has 0 unspecified atom stereocenters. The molecule has 0 bridgehead atoms. The molecule has 0 aliphatic rings. The molecule has 2 rings (SSSR count). The van der Waals surface area contributed by atoms with Gasteiger partial charge in [0.15, 0.2) is 5.11 Å². The largest absolute Gasteiger partial charge is 0.332 e. The predicted octanol–water partition coefficient (Wildman–Crippen LogP) is 5.53. The lowest BCUT2D eigenvalue weighted by molar-refractivity contribution is 1.39. The van der Waals surface area contributed by atoms with E-state index in [0.717, 1.165) is 21.4 Å². The average molecular weight is 370 g/mol. The van der Waals surface area contributed by atoms with Crippen LogP contribution in [0.25, 0.3) is 0 Å². The lowest BCUT2D eigenvalue weighted by atomic mass is 10.1. The molecule has 0 spiro atoms. The van der Waals surface area contributed by atoms with Crippen LogP contribution >= 0.6 is 39.7 Å². The van der Waals surface area contributed by atoms with Crippen molar-refractivity contribution in [2.45, 2.75) is 13.8 Å². The third kappa shape index (κ3) is 3.95. The summed E-state index contributed by atoms with van der Waals surface area (Å²) in [5.41, 5.74) is 4.10. The van der Waals surface area contributed by atoms with Crippen molar-refractivity contribution in [2.24, 2.45) is 0 Å². The van der Waals surface area contributed by atoms with Gasteiger partial charge in [-0.1, -0.05) is 39.7 Å². The maximum absolute atomic E-state index is 6.15. The van der Waals surface area contributed by atoms with Gasteiger partial charge >= 0.3 is 0 Å². The van der Waals surface area contributed by atoms with Gasteiger partial charge in [-0.2, -0.15) is 0 Å². The maximum Gasteiger partial charge on any atom is 0.175 e. The van der Waals surface area contributed by atoms with E-state index in [9.17, 15) is 0 Å². The number of rotatable bonds is 2. The molecule has 2 N–H and O–H groups in total. The van der Waals surface area contributed by atoms with Gasteiger partial charge in [-0.05, 0) is 61.5 Å². The van der Waals surface area contributed by atoms with E-state index in [1.165, 1.54) is 5.56 Å². The van der Waals surface area contributed by atoms with E-state index in [4.69, 9.17) is 23.8 Å². The van der Waals surface area contributed by atoms with Gasteiger partial charge in [0.25, 0.3) is 0 Å². The van der Waals surface area contributed by atoms with Crippen molar-refractivity contribution in [2.75, 3.05) is 10.6 Å². The van der Waals surface area contributed by atoms with Gasteiger partial charge in [-0.25, -0.2) is 0 Å². The van der Waals surface area contributed by atoms with Crippen LogP contribution in [0.1, 0.15) is 11.1 Å². The van der Waals surface area contributed by atoms with Crippen LogP contribution in [-0.2, 0) is 0 Å². The molecule has 0 aliphatic carbocycles. The number of benzene rings is 2. The Labute approximate surface area is 137 Å². The monoisotopic (exact) mass is 368 g/mol. The van der Waals surface area contributed by atoms with Crippen molar-refractivity contribution >= 4 is 56.2 Å². The Balaban J connectivity index is 2.11. The van der Waals surface area contributed by atoms with Gasteiger partial charge < -0.3 is 10.6 Å². The average Bonchev–Trinajstić information content (AvgIpc) is 2.37. The Hall–Kier alpha value is -1.10. The number of aryl methyl sites for hydroxylation is 2. The highest BCUT2D eigenvalue weighted by molar-refractivity contribution is 9.10. The van der Waals surface area contributed by atoms with Crippen LogP contribution in [0.5, 0.6) is 0 Å². The minimum absolute atomic E-state index is 0.517. The van der Waals surface area contributed by atoms with Crippen LogP contribution in [0.3, 0.4) is 0 Å². The molecule has 0 aromatic heterocycles. The molecule has 0 saturated heterocycles. The number of nitrogens with one attached hydrogen (secondary N) is 2. The normalized spacial score (nSPS) is 10.2. The van der Waals surface area contributed by atoms with Crippen LogP contribution in [-0.4, -0.2) is 5.11 Å². The van der Waals surface area contributed by atoms with E-state index < -0.39 is 0 Å². The fraction of sp³-hybridized carbons (Fsp3) is 0.133. The zero-order chi connectivity index (χ0) is 14.7. The fourth-order valence-electron chi connectivity index (χ4n) is 1.74. The van der Waals surface area contributed by atoms with E-state index in [1.54, 1.807) is 0 Å². The van der Waals surface area contributed by atoms with E-state index >= 15 is 0 Å². The quantitative estimate of drug-likeness (QED) is 0.681. The minimum Gasteiger partial charge on any atom is -0.332 e. The molecule has 0 fully saturated rings. The topological polar surface area (TPSA) is 24.1 Å². The van der Waals surface area contributed by atoms with Crippen molar-refractivity contribution in [3.63, 3.8) is 0 Å². The molecule has 0 aliphatic heterocycles. The number of halogens is 2. The molecule has 0 radical (unpaired) electrons. The first-order chi connectivity index (χ1) is 9.45. The molecular weight excluding hydrogens is 356 g/mol. The molecule has 2 aromatic rings. The first-order valence-electron chi connectivity index (χ1n) is 6.06. The first-order valence-corrected chi connectivity index (χ1v) is 7.64. The molecule has 104 valence electrons. The summed E-state index contributed by atoms with van der Waals surface area (Å²) < 4.78 is 0.932. The van der Waals surface area contributed by atoms with Crippen molar-refractivity contribution in [3.8, 4) is 0 Å². The Morgan fingerprint density at radius 3 is 2.45 bits per heavy atom. The number of thiocarbonyl (C=S) groups is 1. The summed E-state index contributed by atoms with van der Waals surface area (Å²) in [5.74, 6) is 0. The van der Waals surface area contributed by atoms with Crippen molar-refractivity contribution in [1.29, 1.82) is 0 Å². The number of hydrogen-bond acceptors (Lipinski definition) is 1. The Morgan fingerprint density at radius 1 is 1.05 bits per heavy atom. The highest BCUT2D eigenvalue weighted by Crippen LogP contribution is 2.26. The van der Waals surface area contributed by atoms with Gasteiger partial charge in [0.1, 0.15) is 0 Å². The SMILES string of the molecule is Cc1ccc(C)c(NC(=S)Nc2ccc(Br)cc2Cl)c1. The van der Waals surface area contributed by atoms with Gasteiger partial charge in [-0.15, -0.1) is 0 Å². The van der Waals surface area contributed by atoms with Gasteiger partial charge in [0.2, 0.25) is 0 Å². The molecule has 0 amide bonds. The Bertz CT molecular complexity index is 658. The predicted molar refractivity (Wildman–Crippen MR) is 94.9 cm³/mol. The second-order valence-corrected chi connectivity index (χ2v) is 6.25. The third-order valence-corrected chi connectivity index (χ3v) is 3.83. The molecule has 0 heterocycles.